The summed E-state index contributed by atoms with van der Waals surface area (Å²) in [6.07, 6.45) is 2.49. The van der Waals surface area contributed by atoms with Gasteiger partial charge in [-0.1, -0.05) is 0 Å². The van der Waals surface area contributed by atoms with E-state index in [0.717, 1.165) is 6.42 Å². The second-order valence-electron chi connectivity index (χ2n) is 6.11. The lowest BCUT2D eigenvalue weighted by Gasteiger charge is -2.41. The van der Waals surface area contributed by atoms with Gasteiger partial charge in [0.25, 0.3) is 0 Å². The van der Waals surface area contributed by atoms with Crippen LogP contribution in [0.3, 0.4) is 0 Å². The summed E-state index contributed by atoms with van der Waals surface area (Å²) < 4.78 is 0. The summed E-state index contributed by atoms with van der Waals surface area (Å²) >= 11 is 0. The Kier molecular flexibility index (Phi) is 3.73. The Morgan fingerprint density at radius 2 is 1.71 bits per heavy atom. The molecule has 7 nitrogen and oxygen atoms in total. The Morgan fingerprint density at radius 3 is 2.38 bits per heavy atom. The Labute approximate surface area is 123 Å². The van der Waals surface area contributed by atoms with Crippen molar-refractivity contribution < 1.29 is 19.5 Å². The van der Waals surface area contributed by atoms with E-state index in [9.17, 15) is 14.4 Å². The quantitative estimate of drug-likeness (QED) is 0.750. The fraction of sp³-hybridized carbons (Fsp3) is 0.786. The molecule has 1 unspecified atom stereocenters. The van der Waals surface area contributed by atoms with Crippen molar-refractivity contribution in [1.29, 1.82) is 0 Å². The van der Waals surface area contributed by atoms with Crippen LogP contribution < -0.4 is 0 Å². The molecule has 3 aliphatic heterocycles. The van der Waals surface area contributed by atoms with Crippen molar-refractivity contribution in [3.05, 3.63) is 0 Å². The van der Waals surface area contributed by atoms with Gasteiger partial charge in [0.05, 0.1) is 5.92 Å². The summed E-state index contributed by atoms with van der Waals surface area (Å²) in [4.78, 5) is 40.5. The summed E-state index contributed by atoms with van der Waals surface area (Å²) in [5.41, 5.74) is 0. The van der Waals surface area contributed by atoms with Crippen LogP contribution in [0.5, 0.6) is 0 Å². The van der Waals surface area contributed by atoms with Crippen molar-refractivity contribution in [2.45, 2.75) is 31.7 Å². The Morgan fingerprint density at radius 1 is 1.00 bits per heavy atom. The van der Waals surface area contributed by atoms with E-state index in [-0.39, 0.29) is 23.9 Å². The molecule has 0 spiro atoms. The molecule has 0 aromatic carbocycles. The maximum Gasteiger partial charge on any atom is 0.320 e. The molecule has 1 atom stereocenters. The first-order valence-electron chi connectivity index (χ1n) is 7.62. The lowest BCUT2D eigenvalue weighted by atomic mass is 9.97. The molecule has 116 valence electrons. The average Bonchev–Trinajstić information content (AvgIpc) is 2.87. The largest absolute Gasteiger partial charge is 0.481 e. The predicted molar refractivity (Wildman–Crippen MR) is 73.6 cm³/mol. The third-order valence-corrected chi connectivity index (χ3v) is 4.88. The van der Waals surface area contributed by atoms with E-state index in [1.54, 1.807) is 4.90 Å². The van der Waals surface area contributed by atoms with E-state index in [1.807, 2.05) is 9.80 Å². The molecule has 3 rings (SSSR count). The number of nitrogens with zero attached hydrogens (tertiary/aromatic N) is 3. The van der Waals surface area contributed by atoms with Crippen LogP contribution >= 0.6 is 0 Å². The van der Waals surface area contributed by atoms with Crippen LogP contribution in [0.15, 0.2) is 0 Å². The van der Waals surface area contributed by atoms with Crippen LogP contribution in [-0.2, 0) is 9.59 Å². The molecule has 0 aromatic heterocycles. The zero-order chi connectivity index (χ0) is 15.0. The minimum Gasteiger partial charge on any atom is -0.481 e. The molecule has 3 saturated heterocycles. The minimum absolute atomic E-state index is 0.00200. The maximum absolute atomic E-state index is 12.5. The summed E-state index contributed by atoms with van der Waals surface area (Å²) in [6, 6.07) is 0.171. The number of carboxylic acids is 1. The second-order valence-corrected chi connectivity index (χ2v) is 6.11. The zero-order valence-electron chi connectivity index (χ0n) is 12.0. The van der Waals surface area contributed by atoms with Crippen LogP contribution in [0.4, 0.5) is 4.79 Å². The molecule has 0 aromatic rings. The highest BCUT2D eigenvalue weighted by Gasteiger charge is 2.38. The third kappa shape index (κ3) is 2.69. The number of likely N-dealkylation sites (tertiary alicyclic amines) is 1. The number of rotatable bonds is 1. The van der Waals surface area contributed by atoms with Crippen LogP contribution in [0, 0.1) is 5.92 Å². The van der Waals surface area contributed by atoms with Gasteiger partial charge in [-0.05, 0) is 19.3 Å². The first kappa shape index (κ1) is 14.2. The van der Waals surface area contributed by atoms with E-state index in [4.69, 9.17) is 5.11 Å². The summed E-state index contributed by atoms with van der Waals surface area (Å²) in [5, 5.41) is 8.99. The highest BCUT2D eigenvalue weighted by atomic mass is 16.4. The van der Waals surface area contributed by atoms with Crippen LogP contribution in [0.25, 0.3) is 0 Å². The van der Waals surface area contributed by atoms with E-state index >= 15 is 0 Å². The lowest BCUT2D eigenvalue weighted by Crippen LogP contribution is -2.57. The summed E-state index contributed by atoms with van der Waals surface area (Å²) in [7, 11) is 0. The molecular formula is C14H21N3O4. The maximum atomic E-state index is 12.5. The van der Waals surface area contributed by atoms with E-state index in [2.05, 4.69) is 0 Å². The minimum atomic E-state index is -0.764. The average molecular weight is 295 g/mol. The number of hydrogen-bond donors (Lipinski definition) is 1. The summed E-state index contributed by atoms with van der Waals surface area (Å²) in [6.45, 7) is 2.85. The van der Waals surface area contributed by atoms with E-state index in [1.165, 1.54) is 0 Å². The molecule has 0 radical (unpaired) electrons. The normalized spacial score (nSPS) is 27.0. The zero-order valence-corrected chi connectivity index (χ0v) is 12.0. The number of carboxylic acid groups (broad SMARTS) is 1. The van der Waals surface area contributed by atoms with Gasteiger partial charge in [0.2, 0.25) is 5.91 Å². The smallest absolute Gasteiger partial charge is 0.320 e. The highest BCUT2D eigenvalue weighted by Crippen LogP contribution is 2.24. The van der Waals surface area contributed by atoms with E-state index in [0.29, 0.717) is 52.0 Å². The van der Waals surface area contributed by atoms with Crippen LogP contribution in [0.1, 0.15) is 25.7 Å². The number of carbonyl (C=O) groups is 3. The third-order valence-electron chi connectivity index (χ3n) is 4.88. The molecule has 0 aliphatic carbocycles. The topological polar surface area (TPSA) is 81.2 Å². The molecule has 0 bridgehead atoms. The van der Waals surface area contributed by atoms with Gasteiger partial charge in [0.1, 0.15) is 0 Å². The monoisotopic (exact) mass is 295 g/mol. The number of aliphatic carboxylic acids is 1. The van der Waals surface area contributed by atoms with Gasteiger partial charge >= 0.3 is 12.0 Å². The molecule has 1 N–H and O–H groups in total. The first-order valence-corrected chi connectivity index (χ1v) is 7.62. The molecule has 3 fully saturated rings. The van der Waals surface area contributed by atoms with Gasteiger partial charge in [-0.15, -0.1) is 0 Å². The van der Waals surface area contributed by atoms with Crippen molar-refractivity contribution in [2.24, 2.45) is 5.92 Å². The van der Waals surface area contributed by atoms with Gasteiger partial charge in [-0.2, -0.15) is 0 Å². The fourth-order valence-corrected chi connectivity index (χ4v) is 3.56. The van der Waals surface area contributed by atoms with Gasteiger partial charge in [-0.25, -0.2) is 4.79 Å². The molecule has 3 amide bonds. The van der Waals surface area contributed by atoms with Crippen LogP contribution in [0.2, 0.25) is 0 Å². The van der Waals surface area contributed by atoms with Crippen molar-refractivity contribution in [3.8, 4) is 0 Å². The van der Waals surface area contributed by atoms with Crippen molar-refractivity contribution in [3.63, 3.8) is 0 Å². The molecule has 21 heavy (non-hydrogen) atoms. The number of fused-ring (bicyclic) bond motifs is 1. The molecular weight excluding hydrogens is 274 g/mol. The van der Waals surface area contributed by atoms with E-state index < -0.39 is 5.97 Å². The van der Waals surface area contributed by atoms with Crippen molar-refractivity contribution in [2.75, 3.05) is 32.7 Å². The summed E-state index contributed by atoms with van der Waals surface area (Å²) in [5.74, 6) is -0.882. The number of piperidine rings is 1. The molecule has 3 aliphatic rings. The molecule has 7 heteroatoms. The number of piperazine rings is 1. The standard InChI is InChI=1S/C14H21N3O4/c18-12-2-1-11-9-16(7-8-17(11)12)14(21)15-5-3-10(4-6-15)13(19)20/h10-11H,1-9H2,(H,19,20). The fourth-order valence-electron chi connectivity index (χ4n) is 3.56. The Hall–Kier alpha value is -1.79. The van der Waals surface area contributed by atoms with Crippen molar-refractivity contribution >= 4 is 17.9 Å². The highest BCUT2D eigenvalue weighted by molar-refractivity contribution is 5.80. The number of amides is 3. The second kappa shape index (κ2) is 5.54. The SMILES string of the molecule is O=C(O)C1CCN(C(=O)N2CCN3C(=O)CCC3C2)CC1. The molecule has 3 heterocycles. The lowest BCUT2D eigenvalue weighted by molar-refractivity contribution is -0.143. The number of carbonyl (C=O) groups excluding carboxylic acids is 2. The molecule has 0 saturated carbocycles. The van der Waals surface area contributed by atoms with Crippen molar-refractivity contribution in [1.82, 2.24) is 14.7 Å². The van der Waals surface area contributed by atoms with Gasteiger partial charge in [0, 0.05) is 45.2 Å². The van der Waals surface area contributed by atoms with Gasteiger partial charge in [0.15, 0.2) is 0 Å². The first-order chi connectivity index (χ1) is 10.1. The predicted octanol–water partition coefficient (Wildman–Crippen LogP) is 0.210. The van der Waals surface area contributed by atoms with Crippen LogP contribution in [-0.4, -0.2) is 76.5 Å². The van der Waals surface area contributed by atoms with Gasteiger partial charge in [-0.3, -0.25) is 9.59 Å². The van der Waals surface area contributed by atoms with Gasteiger partial charge < -0.3 is 19.8 Å². The Bertz CT molecular complexity index is 459. The number of urea groups is 1. The Balaban J connectivity index is 1.55. The number of hydrogen-bond acceptors (Lipinski definition) is 3.